The van der Waals surface area contributed by atoms with E-state index in [4.69, 9.17) is 0 Å². The zero-order valence-electron chi connectivity index (χ0n) is 11.7. The van der Waals surface area contributed by atoms with Gasteiger partial charge in [-0.25, -0.2) is 4.39 Å². The van der Waals surface area contributed by atoms with Crippen molar-refractivity contribution in [3.05, 3.63) is 53.1 Å². The minimum atomic E-state index is -0.157. The molecule has 2 aromatic rings. The summed E-state index contributed by atoms with van der Waals surface area (Å²) in [5.41, 5.74) is 4.67. The van der Waals surface area contributed by atoms with E-state index in [-0.39, 0.29) is 5.82 Å². The van der Waals surface area contributed by atoms with E-state index in [0.717, 1.165) is 22.4 Å². The number of hydrogen-bond acceptors (Lipinski definition) is 1. The van der Waals surface area contributed by atoms with Crippen LogP contribution in [0, 0.1) is 26.6 Å². The second-order valence-corrected chi connectivity index (χ2v) is 4.10. The van der Waals surface area contributed by atoms with E-state index in [0.29, 0.717) is 5.56 Å². The Kier molecular flexibility index (Phi) is 5.02. The van der Waals surface area contributed by atoms with Gasteiger partial charge in [0.15, 0.2) is 0 Å². The van der Waals surface area contributed by atoms with Crippen LogP contribution in [0.1, 0.15) is 30.7 Å². The number of aromatic nitrogens is 1. The fourth-order valence-corrected chi connectivity index (χ4v) is 1.85. The maximum Gasteiger partial charge on any atom is 0.126 e. The van der Waals surface area contributed by atoms with E-state index < -0.39 is 0 Å². The minimum absolute atomic E-state index is 0.157. The molecule has 1 aromatic carbocycles. The predicted molar refractivity (Wildman–Crippen MR) is 75.2 cm³/mol. The van der Waals surface area contributed by atoms with Crippen LogP contribution < -0.4 is 0 Å². The Bertz CT molecular complexity index is 533. The van der Waals surface area contributed by atoms with Crippen LogP contribution in [-0.2, 0) is 0 Å². The molecule has 2 heteroatoms. The van der Waals surface area contributed by atoms with Crippen LogP contribution in [0.3, 0.4) is 0 Å². The van der Waals surface area contributed by atoms with Gasteiger partial charge in [0, 0.05) is 11.9 Å². The Morgan fingerprint density at radius 2 is 1.61 bits per heavy atom. The quantitative estimate of drug-likeness (QED) is 0.700. The first-order valence-corrected chi connectivity index (χ1v) is 6.27. The first-order valence-electron chi connectivity index (χ1n) is 6.27. The van der Waals surface area contributed by atoms with Gasteiger partial charge in [0.25, 0.3) is 0 Å². The molecule has 0 aliphatic carbocycles. The average Bonchev–Trinajstić information content (AvgIpc) is 2.36. The zero-order chi connectivity index (χ0) is 13.7. The highest BCUT2D eigenvalue weighted by atomic mass is 19.1. The predicted octanol–water partition coefficient (Wildman–Crippen LogP) is 4.84. The van der Waals surface area contributed by atoms with Crippen LogP contribution in [0.2, 0.25) is 0 Å². The SMILES string of the molecule is CC.Cc1cc(-c2cc(F)c(C)cc2C)ccn1. The molecule has 96 valence electrons. The lowest BCUT2D eigenvalue weighted by Crippen LogP contribution is -1.90. The van der Waals surface area contributed by atoms with Gasteiger partial charge < -0.3 is 0 Å². The number of pyridine rings is 1. The summed E-state index contributed by atoms with van der Waals surface area (Å²) in [5, 5.41) is 0. The molecule has 0 fully saturated rings. The zero-order valence-corrected chi connectivity index (χ0v) is 11.7. The first kappa shape index (κ1) is 14.4. The fraction of sp³-hybridized carbons (Fsp3) is 0.312. The highest BCUT2D eigenvalue weighted by Gasteiger charge is 2.06. The Labute approximate surface area is 109 Å². The molecule has 0 spiro atoms. The molecule has 0 atom stereocenters. The van der Waals surface area contributed by atoms with Crippen molar-refractivity contribution in [2.45, 2.75) is 34.6 Å². The average molecular weight is 245 g/mol. The molecule has 0 amide bonds. The third-order valence-electron chi connectivity index (χ3n) is 2.71. The Balaban J connectivity index is 0.000000771. The lowest BCUT2D eigenvalue weighted by molar-refractivity contribution is 0.618. The van der Waals surface area contributed by atoms with Crippen molar-refractivity contribution in [1.29, 1.82) is 0 Å². The normalized spacial score (nSPS) is 9.67. The van der Waals surface area contributed by atoms with E-state index in [1.54, 1.807) is 19.2 Å². The van der Waals surface area contributed by atoms with Crippen LogP contribution in [0.25, 0.3) is 11.1 Å². The number of hydrogen-bond donors (Lipinski definition) is 0. The second kappa shape index (κ2) is 6.29. The van der Waals surface area contributed by atoms with E-state index >= 15 is 0 Å². The minimum Gasteiger partial charge on any atom is -0.262 e. The first-order chi connectivity index (χ1) is 8.58. The number of benzene rings is 1. The Hall–Kier alpha value is -1.70. The molecule has 0 aliphatic heterocycles. The number of halogens is 1. The lowest BCUT2D eigenvalue weighted by atomic mass is 9.99. The Morgan fingerprint density at radius 3 is 2.22 bits per heavy atom. The van der Waals surface area contributed by atoms with Crippen molar-refractivity contribution in [3.63, 3.8) is 0 Å². The van der Waals surface area contributed by atoms with Crippen LogP contribution in [-0.4, -0.2) is 4.98 Å². The van der Waals surface area contributed by atoms with Crippen LogP contribution >= 0.6 is 0 Å². The summed E-state index contributed by atoms with van der Waals surface area (Å²) in [6, 6.07) is 7.35. The molecule has 0 saturated carbocycles. The summed E-state index contributed by atoms with van der Waals surface area (Å²) in [5.74, 6) is -0.157. The van der Waals surface area contributed by atoms with Crippen molar-refractivity contribution >= 4 is 0 Å². The maximum atomic E-state index is 13.5. The molecule has 2 rings (SSSR count). The molecule has 0 aliphatic rings. The number of nitrogens with zero attached hydrogens (tertiary/aromatic N) is 1. The summed E-state index contributed by atoms with van der Waals surface area (Å²) in [6.45, 7) is 9.71. The van der Waals surface area contributed by atoms with Gasteiger partial charge in [0.2, 0.25) is 0 Å². The van der Waals surface area contributed by atoms with E-state index in [1.165, 1.54) is 0 Å². The van der Waals surface area contributed by atoms with Crippen LogP contribution in [0.5, 0.6) is 0 Å². The topological polar surface area (TPSA) is 12.9 Å². The molecule has 0 N–H and O–H groups in total. The second-order valence-electron chi connectivity index (χ2n) is 4.10. The molecule has 0 radical (unpaired) electrons. The third kappa shape index (κ3) is 3.16. The highest BCUT2D eigenvalue weighted by molar-refractivity contribution is 5.67. The Morgan fingerprint density at radius 1 is 0.944 bits per heavy atom. The maximum absolute atomic E-state index is 13.5. The van der Waals surface area contributed by atoms with E-state index in [9.17, 15) is 4.39 Å². The van der Waals surface area contributed by atoms with Crippen molar-refractivity contribution in [3.8, 4) is 11.1 Å². The third-order valence-corrected chi connectivity index (χ3v) is 2.71. The van der Waals surface area contributed by atoms with Gasteiger partial charge in [-0.2, -0.15) is 0 Å². The van der Waals surface area contributed by atoms with Gasteiger partial charge in [-0.05, 0) is 61.2 Å². The van der Waals surface area contributed by atoms with Gasteiger partial charge in [-0.3, -0.25) is 4.98 Å². The summed E-state index contributed by atoms with van der Waals surface area (Å²) < 4.78 is 13.5. The smallest absolute Gasteiger partial charge is 0.126 e. The molecular formula is C16H20FN. The standard InChI is InChI=1S/C14H14FN.C2H6/c1-9-6-10(2)14(15)8-13(9)12-4-5-16-11(3)7-12;1-2/h4-8H,1-3H3;1-2H3. The van der Waals surface area contributed by atoms with Gasteiger partial charge in [-0.1, -0.05) is 19.9 Å². The molecule has 0 saturated heterocycles. The summed E-state index contributed by atoms with van der Waals surface area (Å²) in [6.07, 6.45) is 1.75. The molecular weight excluding hydrogens is 225 g/mol. The lowest BCUT2D eigenvalue weighted by Gasteiger charge is -2.08. The molecule has 0 bridgehead atoms. The van der Waals surface area contributed by atoms with Crippen molar-refractivity contribution in [2.24, 2.45) is 0 Å². The van der Waals surface area contributed by atoms with Crippen molar-refractivity contribution < 1.29 is 4.39 Å². The summed E-state index contributed by atoms with van der Waals surface area (Å²) >= 11 is 0. The number of aryl methyl sites for hydroxylation is 3. The summed E-state index contributed by atoms with van der Waals surface area (Å²) in [7, 11) is 0. The van der Waals surface area contributed by atoms with Crippen LogP contribution in [0.15, 0.2) is 30.5 Å². The molecule has 1 aromatic heterocycles. The van der Waals surface area contributed by atoms with Crippen molar-refractivity contribution in [1.82, 2.24) is 4.98 Å². The van der Waals surface area contributed by atoms with Gasteiger partial charge in [-0.15, -0.1) is 0 Å². The molecule has 0 unspecified atom stereocenters. The van der Waals surface area contributed by atoms with E-state index in [1.807, 2.05) is 45.9 Å². The molecule has 1 nitrogen and oxygen atoms in total. The molecule has 18 heavy (non-hydrogen) atoms. The van der Waals surface area contributed by atoms with Gasteiger partial charge >= 0.3 is 0 Å². The van der Waals surface area contributed by atoms with Gasteiger partial charge in [0.1, 0.15) is 5.82 Å². The van der Waals surface area contributed by atoms with Crippen molar-refractivity contribution in [2.75, 3.05) is 0 Å². The largest absolute Gasteiger partial charge is 0.262 e. The molecule has 1 heterocycles. The van der Waals surface area contributed by atoms with E-state index in [2.05, 4.69) is 4.98 Å². The summed E-state index contributed by atoms with van der Waals surface area (Å²) in [4.78, 5) is 4.14. The number of rotatable bonds is 1. The van der Waals surface area contributed by atoms with Crippen LogP contribution in [0.4, 0.5) is 4.39 Å². The monoisotopic (exact) mass is 245 g/mol. The van der Waals surface area contributed by atoms with Gasteiger partial charge in [0.05, 0.1) is 0 Å². The fourth-order valence-electron chi connectivity index (χ4n) is 1.85. The highest BCUT2D eigenvalue weighted by Crippen LogP contribution is 2.25.